The lowest BCUT2D eigenvalue weighted by atomic mass is 10.2. The fraction of sp³-hybridized carbons (Fsp3) is 0.375. The molecule has 0 fully saturated rings. The van der Waals surface area contributed by atoms with Crippen LogP contribution in [0.4, 0.5) is 0 Å². The topological polar surface area (TPSA) is 0 Å². The zero-order valence-corrected chi connectivity index (χ0v) is 23.3. The van der Waals surface area contributed by atoms with Gasteiger partial charge in [-0.3, -0.25) is 0 Å². The molecule has 4 rings (SSSR count). The summed E-state index contributed by atoms with van der Waals surface area (Å²) in [5, 5.41) is 3.05. The molecule has 35 heavy (non-hydrogen) atoms. The highest BCUT2D eigenvalue weighted by Gasteiger charge is 2.00. The van der Waals surface area contributed by atoms with E-state index in [0.29, 0.717) is 0 Å². The van der Waals surface area contributed by atoms with Crippen molar-refractivity contribution in [1.82, 2.24) is 0 Å². The number of thiophene rings is 3. The highest BCUT2D eigenvalue weighted by atomic mass is 32.1. The molecule has 0 atom stereocenters. The normalized spacial score (nSPS) is 11.2. The average molecular weight is 511 g/mol. The van der Waals surface area contributed by atoms with Crippen LogP contribution in [0.25, 0.3) is 34.4 Å². The van der Waals surface area contributed by atoms with Crippen molar-refractivity contribution in [3.8, 4) is 0 Å². The van der Waals surface area contributed by atoms with Gasteiger partial charge in [-0.25, -0.2) is 0 Å². The van der Waals surface area contributed by atoms with E-state index in [1.165, 1.54) is 53.2 Å². The van der Waals surface area contributed by atoms with E-state index in [9.17, 15) is 0 Å². The third kappa shape index (κ3) is 6.94. The summed E-state index contributed by atoms with van der Waals surface area (Å²) in [6.07, 6.45) is 10.4. The fourth-order valence-corrected chi connectivity index (χ4v) is 6.76. The first kappa shape index (κ1) is 25.4. The molecule has 0 nitrogen and oxygen atoms in total. The van der Waals surface area contributed by atoms with Crippen LogP contribution < -0.4 is 29.3 Å². The Morgan fingerprint density at radius 1 is 0.486 bits per heavy atom. The lowest BCUT2D eigenvalue weighted by Crippen LogP contribution is -2.17. The van der Waals surface area contributed by atoms with Crippen LogP contribution in [0.15, 0.2) is 29.7 Å². The van der Waals surface area contributed by atoms with Gasteiger partial charge >= 0.3 is 0 Å². The first-order valence-corrected chi connectivity index (χ1v) is 15.1. The third-order valence-corrected chi connectivity index (χ3v) is 9.07. The average Bonchev–Trinajstić information content (AvgIpc) is 3.56. The van der Waals surface area contributed by atoms with Crippen LogP contribution in [-0.2, 0) is 19.3 Å². The molecule has 0 bridgehead atoms. The lowest BCUT2D eigenvalue weighted by molar-refractivity contribution is 0.804. The van der Waals surface area contributed by atoms with Gasteiger partial charge in [0.15, 0.2) is 0 Å². The first-order chi connectivity index (χ1) is 17.2. The van der Waals surface area contributed by atoms with Gasteiger partial charge in [0.2, 0.25) is 0 Å². The molecule has 0 saturated heterocycles. The van der Waals surface area contributed by atoms with Gasteiger partial charge in [0.05, 0.1) is 29.3 Å². The summed E-state index contributed by atoms with van der Waals surface area (Å²) in [4.78, 5) is 4.08. The Labute approximate surface area is 219 Å². The second kappa shape index (κ2) is 12.9. The Bertz CT molecular complexity index is 1660. The zero-order valence-electron chi connectivity index (χ0n) is 20.8. The van der Waals surface area contributed by atoms with E-state index in [0.717, 1.165) is 48.5 Å². The quantitative estimate of drug-likeness (QED) is 0.290. The van der Waals surface area contributed by atoms with Gasteiger partial charge in [-0.1, -0.05) is 57.2 Å². The summed E-state index contributed by atoms with van der Waals surface area (Å²) in [5.74, 6) is 0. The van der Waals surface area contributed by atoms with Gasteiger partial charge in [0.25, 0.3) is 0 Å². The molecule has 0 unspecified atom stereocenters. The van der Waals surface area contributed by atoms with E-state index in [2.05, 4.69) is 84.8 Å². The van der Waals surface area contributed by atoms with E-state index >= 15 is 0 Å². The van der Waals surface area contributed by atoms with Crippen LogP contribution in [0, 0.1) is 0 Å². The van der Waals surface area contributed by atoms with Crippen molar-refractivity contribution in [2.75, 3.05) is 0 Å². The third-order valence-electron chi connectivity index (χ3n) is 5.74. The summed E-state index contributed by atoms with van der Waals surface area (Å²) in [7, 11) is 0. The van der Waals surface area contributed by atoms with Gasteiger partial charge in [0, 0.05) is 14.6 Å². The highest BCUT2D eigenvalue weighted by Crippen LogP contribution is 2.07. The number of fused-ring (bicyclic) bond motifs is 3. The number of rotatable bonds is 9. The minimum atomic E-state index is 1.00. The summed E-state index contributed by atoms with van der Waals surface area (Å²) in [5.41, 5.74) is 26.6. The molecular formula is C32H30S3. The molecular weight excluding hydrogens is 481 g/mol. The highest BCUT2D eigenvalue weighted by molar-refractivity contribution is 7.10. The maximum atomic E-state index is 3.47. The number of aryl methyl sites for hydroxylation is 3. The van der Waals surface area contributed by atoms with Crippen molar-refractivity contribution in [2.45, 2.75) is 78.6 Å². The van der Waals surface area contributed by atoms with E-state index in [1.54, 1.807) is 34.0 Å². The predicted octanol–water partition coefficient (Wildman–Crippen LogP) is 4.57. The maximum absolute atomic E-state index is 3.47. The predicted molar refractivity (Wildman–Crippen MR) is 154 cm³/mol. The minimum Gasteiger partial charge on any atom is -0.130 e. The monoisotopic (exact) mass is 510 g/mol. The Hall–Kier alpha value is -2.66. The molecule has 176 valence electrons. The van der Waals surface area contributed by atoms with E-state index in [-0.39, 0.29) is 0 Å². The van der Waals surface area contributed by atoms with Crippen LogP contribution in [0.3, 0.4) is 0 Å². The van der Waals surface area contributed by atoms with Gasteiger partial charge in [-0.2, -0.15) is 0 Å². The van der Waals surface area contributed by atoms with Crippen molar-refractivity contribution < 1.29 is 0 Å². The summed E-state index contributed by atoms with van der Waals surface area (Å²) in [6, 6.07) is 6.68. The Morgan fingerprint density at radius 2 is 0.829 bits per heavy atom. The summed E-state index contributed by atoms with van der Waals surface area (Å²) < 4.78 is 3.15. The SMILES string of the molecule is CCCCc1cc2c(s1)=C=C=c1cc(CCCC)sc1=C=C=c1sc(CCCC)cc1=C=C=C=C=2. The van der Waals surface area contributed by atoms with Crippen LogP contribution in [-0.4, -0.2) is 0 Å². The molecule has 1 aliphatic rings. The molecule has 0 spiro atoms. The minimum absolute atomic E-state index is 1.00. The summed E-state index contributed by atoms with van der Waals surface area (Å²) in [6.45, 7) is 6.70. The second-order valence-corrected chi connectivity index (χ2v) is 12.1. The van der Waals surface area contributed by atoms with Crippen molar-refractivity contribution in [2.24, 2.45) is 0 Å². The first-order valence-electron chi connectivity index (χ1n) is 12.6. The van der Waals surface area contributed by atoms with E-state index in [1.807, 2.05) is 0 Å². The Kier molecular flexibility index (Phi) is 9.35. The molecule has 0 N–H and O–H groups in total. The Morgan fingerprint density at radius 3 is 1.20 bits per heavy atom. The largest absolute Gasteiger partial charge is 0.130 e. The van der Waals surface area contributed by atoms with Crippen LogP contribution >= 0.6 is 34.0 Å². The van der Waals surface area contributed by atoms with Crippen molar-refractivity contribution >= 4 is 68.4 Å². The van der Waals surface area contributed by atoms with Crippen LogP contribution in [0.5, 0.6) is 0 Å². The van der Waals surface area contributed by atoms with Crippen molar-refractivity contribution in [3.63, 3.8) is 0 Å². The Balaban J connectivity index is 2.15. The smallest absolute Gasteiger partial charge is 0.0932 e. The maximum Gasteiger partial charge on any atom is 0.0932 e. The van der Waals surface area contributed by atoms with Gasteiger partial charge in [-0.05, 0) is 85.4 Å². The zero-order chi connectivity index (χ0) is 24.5. The molecule has 0 radical (unpaired) electrons. The fourth-order valence-electron chi connectivity index (χ4n) is 3.74. The second-order valence-electron chi connectivity index (χ2n) is 8.68. The molecule has 3 aromatic heterocycles. The standard InChI is InChI=1S/C32H30S3/c1-4-7-14-27-21-24-12-10-11-13-25-22-28(15-8-5-2)34-31(25)19-20-32-26(17-18-30(24)33-27)23-29(35-32)16-9-6-3/h21-23H,4-9,14-16H2,1-3H3. The number of hydrogen-bond acceptors (Lipinski definition) is 3. The molecule has 3 heterocycles. The van der Waals surface area contributed by atoms with Crippen molar-refractivity contribution in [3.05, 3.63) is 73.5 Å². The lowest BCUT2D eigenvalue weighted by Gasteiger charge is -1.90. The van der Waals surface area contributed by atoms with Gasteiger partial charge in [0.1, 0.15) is 0 Å². The molecule has 3 heteroatoms. The number of hydrogen-bond donors (Lipinski definition) is 0. The van der Waals surface area contributed by atoms with E-state index in [4.69, 9.17) is 0 Å². The van der Waals surface area contributed by atoms with Gasteiger partial charge in [-0.15, -0.1) is 34.0 Å². The molecule has 3 aromatic rings. The molecule has 0 amide bonds. The molecule has 0 aliphatic heterocycles. The molecule has 0 saturated carbocycles. The van der Waals surface area contributed by atoms with Gasteiger partial charge < -0.3 is 0 Å². The van der Waals surface area contributed by atoms with E-state index < -0.39 is 0 Å². The number of unbranched alkanes of at least 4 members (excludes halogenated alkanes) is 3. The summed E-state index contributed by atoms with van der Waals surface area (Å²) >= 11 is 5.35. The van der Waals surface area contributed by atoms with Crippen LogP contribution in [0.1, 0.15) is 73.9 Å². The molecule has 0 aromatic carbocycles. The molecule has 1 aliphatic carbocycles. The van der Waals surface area contributed by atoms with Crippen LogP contribution in [0.2, 0.25) is 0 Å². The van der Waals surface area contributed by atoms with Crippen molar-refractivity contribution in [1.29, 1.82) is 0 Å².